The molecule has 0 bridgehead atoms. The van der Waals surface area contributed by atoms with E-state index >= 15 is 0 Å². The van der Waals surface area contributed by atoms with E-state index in [0.717, 1.165) is 23.4 Å². The van der Waals surface area contributed by atoms with E-state index < -0.39 is 5.60 Å². The molecule has 1 aromatic carbocycles. The van der Waals surface area contributed by atoms with Crippen molar-refractivity contribution in [3.63, 3.8) is 0 Å². The third kappa shape index (κ3) is 6.13. The van der Waals surface area contributed by atoms with Crippen molar-refractivity contribution in [2.24, 2.45) is 0 Å². The number of hydrogen-bond acceptors (Lipinski definition) is 4. The lowest BCUT2D eigenvalue weighted by molar-refractivity contribution is -0.149. The van der Waals surface area contributed by atoms with Gasteiger partial charge in [-0.1, -0.05) is 13.0 Å². The number of ether oxygens (including phenoxy) is 2. The van der Waals surface area contributed by atoms with Gasteiger partial charge in [0.2, 0.25) is 0 Å². The third-order valence-corrected chi connectivity index (χ3v) is 4.33. The average Bonchev–Trinajstić information content (AvgIpc) is 3.12. The SMILES string of the molecule is CCc1cn(-c2ccc(/C=C(/CCCCl)C(=O)OC(C)(C)C)cc2OC)cn1. The highest BCUT2D eigenvalue weighted by molar-refractivity contribution is 6.17. The van der Waals surface area contributed by atoms with Gasteiger partial charge in [0.05, 0.1) is 24.8 Å². The van der Waals surface area contributed by atoms with Crippen LogP contribution in [0.2, 0.25) is 0 Å². The molecule has 152 valence electrons. The Hall–Kier alpha value is -2.27. The van der Waals surface area contributed by atoms with Crippen LogP contribution >= 0.6 is 11.6 Å². The van der Waals surface area contributed by atoms with Crippen LogP contribution in [0.3, 0.4) is 0 Å². The number of halogens is 1. The maximum absolute atomic E-state index is 12.6. The van der Waals surface area contributed by atoms with Crippen molar-refractivity contribution in [1.82, 2.24) is 9.55 Å². The second-order valence-corrected chi connectivity index (χ2v) is 7.90. The summed E-state index contributed by atoms with van der Waals surface area (Å²) in [5, 5.41) is 0. The van der Waals surface area contributed by atoms with Crippen LogP contribution in [0.25, 0.3) is 11.8 Å². The van der Waals surface area contributed by atoms with Crippen LogP contribution in [-0.2, 0) is 16.0 Å². The van der Waals surface area contributed by atoms with Gasteiger partial charge in [-0.25, -0.2) is 9.78 Å². The summed E-state index contributed by atoms with van der Waals surface area (Å²) in [5.41, 5.74) is 2.83. The molecular formula is C22H29ClN2O3. The number of hydrogen-bond donors (Lipinski definition) is 0. The zero-order valence-electron chi connectivity index (χ0n) is 17.3. The van der Waals surface area contributed by atoms with Crippen molar-refractivity contribution in [1.29, 1.82) is 0 Å². The predicted molar refractivity (Wildman–Crippen MR) is 113 cm³/mol. The Labute approximate surface area is 172 Å². The molecule has 0 aliphatic heterocycles. The summed E-state index contributed by atoms with van der Waals surface area (Å²) in [6.45, 7) is 7.64. The van der Waals surface area contributed by atoms with Crippen molar-refractivity contribution < 1.29 is 14.3 Å². The first-order valence-corrected chi connectivity index (χ1v) is 10.0. The molecule has 0 atom stereocenters. The molecule has 0 radical (unpaired) electrons. The maximum Gasteiger partial charge on any atom is 0.334 e. The highest BCUT2D eigenvalue weighted by Crippen LogP contribution is 2.27. The minimum atomic E-state index is -0.545. The molecule has 0 aliphatic carbocycles. The van der Waals surface area contributed by atoms with E-state index in [2.05, 4.69) is 11.9 Å². The molecule has 2 aromatic rings. The van der Waals surface area contributed by atoms with E-state index in [1.165, 1.54) is 0 Å². The Kier molecular flexibility index (Phi) is 7.69. The minimum Gasteiger partial charge on any atom is -0.495 e. The molecule has 1 heterocycles. The van der Waals surface area contributed by atoms with Crippen molar-refractivity contribution in [2.45, 2.75) is 52.6 Å². The maximum atomic E-state index is 12.6. The van der Waals surface area contributed by atoms with E-state index in [1.807, 2.05) is 55.8 Å². The largest absolute Gasteiger partial charge is 0.495 e. The van der Waals surface area contributed by atoms with Gasteiger partial charge in [-0.3, -0.25) is 0 Å². The minimum absolute atomic E-state index is 0.317. The molecule has 0 unspecified atom stereocenters. The second-order valence-electron chi connectivity index (χ2n) is 7.52. The van der Waals surface area contributed by atoms with Crippen molar-refractivity contribution in [3.05, 3.63) is 47.6 Å². The van der Waals surface area contributed by atoms with Gasteiger partial charge >= 0.3 is 5.97 Å². The summed E-state index contributed by atoms with van der Waals surface area (Å²) in [6.07, 6.45) is 7.74. The molecule has 2 rings (SSSR count). The van der Waals surface area contributed by atoms with E-state index in [9.17, 15) is 4.79 Å². The first-order chi connectivity index (χ1) is 13.3. The number of imidazole rings is 1. The lowest BCUT2D eigenvalue weighted by Crippen LogP contribution is -2.25. The van der Waals surface area contributed by atoms with E-state index in [0.29, 0.717) is 30.0 Å². The molecule has 0 N–H and O–H groups in total. The summed E-state index contributed by atoms with van der Waals surface area (Å²) >= 11 is 5.83. The van der Waals surface area contributed by atoms with E-state index in [-0.39, 0.29) is 5.97 Å². The number of benzene rings is 1. The predicted octanol–water partition coefficient (Wildman–Crippen LogP) is 5.19. The molecule has 0 saturated heterocycles. The summed E-state index contributed by atoms with van der Waals surface area (Å²) in [6, 6.07) is 5.82. The normalized spacial score (nSPS) is 12.1. The lowest BCUT2D eigenvalue weighted by atomic mass is 10.1. The standard InChI is InChI=1S/C22H29ClN2O3/c1-6-18-14-25(15-24-18)19-10-9-16(13-20(19)27-5)12-17(8-7-11-23)21(26)28-22(2,3)4/h9-10,12-15H,6-8,11H2,1-5H3/b17-12-. The van der Waals surface area contributed by atoms with Gasteiger partial charge in [0.15, 0.2) is 0 Å². The molecule has 0 aliphatic rings. The van der Waals surface area contributed by atoms with Crippen LogP contribution in [0.4, 0.5) is 0 Å². The number of rotatable bonds is 8. The Morgan fingerprint density at radius 3 is 2.64 bits per heavy atom. The molecule has 6 heteroatoms. The van der Waals surface area contributed by atoms with E-state index in [4.69, 9.17) is 21.1 Å². The Balaban J connectivity index is 2.36. The zero-order chi connectivity index (χ0) is 20.7. The average molecular weight is 405 g/mol. The van der Waals surface area contributed by atoms with Crippen LogP contribution in [0.15, 0.2) is 36.3 Å². The van der Waals surface area contributed by atoms with Gasteiger partial charge in [0.1, 0.15) is 11.4 Å². The molecule has 28 heavy (non-hydrogen) atoms. The summed E-state index contributed by atoms with van der Waals surface area (Å²) < 4.78 is 13.0. The van der Waals surface area contributed by atoms with Crippen molar-refractivity contribution in [2.75, 3.05) is 13.0 Å². The number of esters is 1. The van der Waals surface area contributed by atoms with Crippen LogP contribution in [0, 0.1) is 0 Å². The summed E-state index contributed by atoms with van der Waals surface area (Å²) in [7, 11) is 1.63. The molecule has 5 nitrogen and oxygen atoms in total. The van der Waals surface area contributed by atoms with Crippen LogP contribution in [-0.4, -0.2) is 34.1 Å². The molecule has 0 saturated carbocycles. The first-order valence-electron chi connectivity index (χ1n) is 9.48. The van der Waals surface area contributed by atoms with Gasteiger partial charge in [-0.2, -0.15) is 0 Å². The van der Waals surface area contributed by atoms with Crippen LogP contribution in [0.5, 0.6) is 5.75 Å². The number of aryl methyl sites for hydroxylation is 1. The smallest absolute Gasteiger partial charge is 0.334 e. The fraction of sp³-hybridized carbons (Fsp3) is 0.455. The molecule has 0 amide bonds. The van der Waals surface area contributed by atoms with Crippen molar-refractivity contribution >= 4 is 23.6 Å². The molecular weight excluding hydrogens is 376 g/mol. The molecule has 0 spiro atoms. The number of carbonyl (C=O) groups is 1. The highest BCUT2D eigenvalue weighted by atomic mass is 35.5. The quantitative estimate of drug-likeness (QED) is 0.345. The Morgan fingerprint density at radius 1 is 1.32 bits per heavy atom. The van der Waals surface area contributed by atoms with Crippen LogP contribution in [0.1, 0.15) is 51.8 Å². The molecule has 0 fully saturated rings. The second kappa shape index (κ2) is 9.78. The fourth-order valence-corrected chi connectivity index (χ4v) is 2.84. The summed E-state index contributed by atoms with van der Waals surface area (Å²) in [4.78, 5) is 16.9. The molecule has 1 aromatic heterocycles. The fourth-order valence-electron chi connectivity index (χ4n) is 2.71. The zero-order valence-corrected chi connectivity index (χ0v) is 18.0. The van der Waals surface area contributed by atoms with E-state index in [1.54, 1.807) is 13.4 Å². The van der Waals surface area contributed by atoms with Gasteiger partial charge in [0.25, 0.3) is 0 Å². The van der Waals surface area contributed by atoms with Gasteiger partial charge < -0.3 is 14.0 Å². The number of carbonyl (C=O) groups excluding carboxylic acids is 1. The summed E-state index contributed by atoms with van der Waals surface area (Å²) in [5.74, 6) is 0.875. The number of methoxy groups -OCH3 is 1. The Bertz CT molecular complexity index is 835. The topological polar surface area (TPSA) is 53.4 Å². The first kappa shape index (κ1) is 22.0. The van der Waals surface area contributed by atoms with Gasteiger partial charge in [-0.05, 0) is 63.8 Å². The monoisotopic (exact) mass is 404 g/mol. The van der Waals surface area contributed by atoms with Crippen molar-refractivity contribution in [3.8, 4) is 11.4 Å². The lowest BCUT2D eigenvalue weighted by Gasteiger charge is -2.20. The van der Waals surface area contributed by atoms with Gasteiger partial charge in [-0.15, -0.1) is 11.6 Å². The highest BCUT2D eigenvalue weighted by Gasteiger charge is 2.20. The van der Waals surface area contributed by atoms with Crippen LogP contribution < -0.4 is 4.74 Å². The number of aromatic nitrogens is 2. The Morgan fingerprint density at radius 2 is 2.07 bits per heavy atom. The number of nitrogens with zero attached hydrogens (tertiary/aromatic N) is 2. The van der Waals surface area contributed by atoms with Gasteiger partial charge in [0, 0.05) is 17.6 Å². The number of alkyl halides is 1. The third-order valence-electron chi connectivity index (χ3n) is 4.06.